The van der Waals surface area contributed by atoms with E-state index in [1.165, 1.54) is 11.3 Å². The lowest BCUT2D eigenvalue weighted by atomic mass is 10.3. The van der Waals surface area contributed by atoms with Gasteiger partial charge in [0.05, 0.1) is 4.88 Å². The van der Waals surface area contributed by atoms with Crippen molar-refractivity contribution in [2.45, 2.75) is 20.8 Å². The lowest BCUT2D eigenvalue weighted by Gasteiger charge is -1.78. The third-order valence-corrected chi connectivity index (χ3v) is 2.14. The van der Waals surface area contributed by atoms with E-state index in [9.17, 15) is 9.59 Å². The van der Waals surface area contributed by atoms with Crippen LogP contribution >= 0.6 is 11.3 Å². The average Bonchev–Trinajstić information content (AvgIpc) is 2.49. The van der Waals surface area contributed by atoms with Crippen LogP contribution in [0.3, 0.4) is 0 Å². The predicted molar refractivity (Wildman–Crippen MR) is 51.2 cm³/mol. The van der Waals surface area contributed by atoms with Crippen molar-refractivity contribution in [2.24, 2.45) is 0 Å². The first-order valence-corrected chi connectivity index (χ1v) is 4.60. The molecule has 0 aromatic carbocycles. The van der Waals surface area contributed by atoms with Crippen LogP contribution in [-0.2, 0) is 0 Å². The van der Waals surface area contributed by atoms with Crippen molar-refractivity contribution in [3.8, 4) is 0 Å². The number of aryl methyl sites for hydroxylation is 1. The monoisotopic (exact) mass is 184 g/mol. The summed E-state index contributed by atoms with van der Waals surface area (Å²) >= 11 is 1.34. The number of hydrogen-bond acceptors (Lipinski definition) is 3. The SMILES string of the molecule is CC.Cc1cc(C=O)c(C=O)s1. The molecule has 0 fully saturated rings. The van der Waals surface area contributed by atoms with Crippen LogP contribution in [0.4, 0.5) is 0 Å². The molecule has 3 heteroatoms. The van der Waals surface area contributed by atoms with E-state index in [0.29, 0.717) is 23.0 Å². The van der Waals surface area contributed by atoms with Crippen LogP contribution in [0.5, 0.6) is 0 Å². The summed E-state index contributed by atoms with van der Waals surface area (Å²) in [5.41, 5.74) is 0.498. The smallest absolute Gasteiger partial charge is 0.160 e. The van der Waals surface area contributed by atoms with Gasteiger partial charge in [-0.1, -0.05) is 13.8 Å². The Labute approximate surface area is 76.2 Å². The quantitative estimate of drug-likeness (QED) is 0.662. The molecule has 1 aromatic heterocycles. The summed E-state index contributed by atoms with van der Waals surface area (Å²) in [5.74, 6) is 0. The average molecular weight is 184 g/mol. The van der Waals surface area contributed by atoms with E-state index in [4.69, 9.17) is 0 Å². The van der Waals surface area contributed by atoms with E-state index in [-0.39, 0.29) is 0 Å². The molecule has 0 spiro atoms. The van der Waals surface area contributed by atoms with Gasteiger partial charge in [-0.15, -0.1) is 11.3 Å². The highest BCUT2D eigenvalue weighted by molar-refractivity contribution is 7.13. The Balaban J connectivity index is 0.000000561. The molecule has 0 unspecified atom stereocenters. The van der Waals surface area contributed by atoms with E-state index >= 15 is 0 Å². The summed E-state index contributed by atoms with van der Waals surface area (Å²) in [6.07, 6.45) is 1.41. The minimum Gasteiger partial charge on any atom is -0.298 e. The normalized spacial score (nSPS) is 8.25. The molecule has 0 N–H and O–H groups in total. The van der Waals surface area contributed by atoms with Crippen LogP contribution in [0.15, 0.2) is 6.07 Å². The largest absolute Gasteiger partial charge is 0.298 e. The molecule has 0 aliphatic heterocycles. The Hall–Kier alpha value is -0.960. The molecule has 0 amide bonds. The van der Waals surface area contributed by atoms with Gasteiger partial charge in [0.15, 0.2) is 12.6 Å². The van der Waals surface area contributed by atoms with Crippen molar-refractivity contribution < 1.29 is 9.59 Å². The van der Waals surface area contributed by atoms with Crippen molar-refractivity contribution in [3.05, 3.63) is 21.4 Å². The highest BCUT2D eigenvalue weighted by atomic mass is 32.1. The summed E-state index contributed by atoms with van der Waals surface area (Å²) in [6.45, 7) is 5.87. The second kappa shape index (κ2) is 5.66. The molecular formula is C9H12O2S. The molecule has 2 nitrogen and oxygen atoms in total. The molecule has 0 atom stereocenters. The maximum Gasteiger partial charge on any atom is 0.160 e. The number of hydrogen-bond donors (Lipinski definition) is 0. The highest BCUT2D eigenvalue weighted by Crippen LogP contribution is 2.17. The maximum atomic E-state index is 10.3. The Kier molecular flexibility index (Phi) is 5.21. The predicted octanol–water partition coefficient (Wildman–Crippen LogP) is 2.71. The van der Waals surface area contributed by atoms with Crippen LogP contribution in [0.2, 0.25) is 0 Å². The number of carbonyl (C=O) groups is 2. The molecule has 0 saturated carbocycles. The first-order valence-electron chi connectivity index (χ1n) is 3.78. The fraction of sp³-hybridized carbons (Fsp3) is 0.333. The topological polar surface area (TPSA) is 34.1 Å². The minimum atomic E-state index is 0.498. The zero-order valence-corrected chi connectivity index (χ0v) is 8.27. The Bertz CT molecular complexity index is 238. The van der Waals surface area contributed by atoms with E-state index in [0.717, 1.165) is 4.88 Å². The van der Waals surface area contributed by atoms with E-state index in [1.807, 2.05) is 20.8 Å². The third kappa shape index (κ3) is 2.58. The van der Waals surface area contributed by atoms with Crippen LogP contribution in [0.1, 0.15) is 38.8 Å². The van der Waals surface area contributed by atoms with Gasteiger partial charge in [0.1, 0.15) is 0 Å². The Morgan fingerprint density at radius 1 is 1.25 bits per heavy atom. The maximum absolute atomic E-state index is 10.3. The second-order valence-corrected chi connectivity index (χ2v) is 3.20. The molecule has 12 heavy (non-hydrogen) atoms. The van der Waals surface area contributed by atoms with Gasteiger partial charge < -0.3 is 0 Å². The van der Waals surface area contributed by atoms with Gasteiger partial charge in [0.2, 0.25) is 0 Å². The molecule has 0 aliphatic carbocycles. The number of rotatable bonds is 2. The van der Waals surface area contributed by atoms with Gasteiger partial charge in [-0.3, -0.25) is 9.59 Å². The van der Waals surface area contributed by atoms with E-state index in [2.05, 4.69) is 0 Å². The van der Waals surface area contributed by atoms with Crippen LogP contribution < -0.4 is 0 Å². The fourth-order valence-electron chi connectivity index (χ4n) is 0.736. The molecule has 0 saturated heterocycles. The summed E-state index contributed by atoms with van der Waals surface area (Å²) in [4.78, 5) is 22.0. The molecule has 66 valence electrons. The first-order chi connectivity index (χ1) is 5.77. The van der Waals surface area contributed by atoms with Crippen LogP contribution in [-0.4, -0.2) is 12.6 Å². The Morgan fingerprint density at radius 3 is 2.17 bits per heavy atom. The second-order valence-electron chi connectivity index (χ2n) is 1.91. The summed E-state index contributed by atoms with van der Waals surface area (Å²) in [7, 11) is 0. The van der Waals surface area contributed by atoms with Crippen molar-refractivity contribution in [3.63, 3.8) is 0 Å². The van der Waals surface area contributed by atoms with Gasteiger partial charge in [-0.25, -0.2) is 0 Å². The molecular weight excluding hydrogens is 172 g/mol. The van der Waals surface area contributed by atoms with Gasteiger partial charge in [-0.2, -0.15) is 0 Å². The molecule has 0 aliphatic rings. The number of thiophene rings is 1. The zero-order chi connectivity index (χ0) is 9.56. The van der Waals surface area contributed by atoms with Crippen molar-refractivity contribution >= 4 is 23.9 Å². The van der Waals surface area contributed by atoms with Gasteiger partial charge in [-0.05, 0) is 13.0 Å². The molecule has 1 aromatic rings. The third-order valence-electron chi connectivity index (χ3n) is 1.15. The van der Waals surface area contributed by atoms with Crippen LogP contribution in [0.25, 0.3) is 0 Å². The molecule has 0 radical (unpaired) electrons. The van der Waals surface area contributed by atoms with Gasteiger partial charge in [0, 0.05) is 10.4 Å². The lowest BCUT2D eigenvalue weighted by Crippen LogP contribution is -1.79. The zero-order valence-electron chi connectivity index (χ0n) is 7.46. The molecule has 0 bridgehead atoms. The standard InChI is InChI=1S/C7H6O2S.C2H6/c1-5-2-6(3-8)7(4-9)10-5;1-2/h2-4H,1H3;1-2H3. The fourth-order valence-corrected chi connectivity index (χ4v) is 1.54. The van der Waals surface area contributed by atoms with Crippen molar-refractivity contribution in [1.82, 2.24) is 0 Å². The van der Waals surface area contributed by atoms with Crippen LogP contribution in [0, 0.1) is 6.92 Å². The van der Waals surface area contributed by atoms with Crippen molar-refractivity contribution in [2.75, 3.05) is 0 Å². The highest BCUT2D eigenvalue weighted by Gasteiger charge is 2.03. The number of aldehydes is 2. The van der Waals surface area contributed by atoms with Gasteiger partial charge in [0.25, 0.3) is 0 Å². The summed E-state index contributed by atoms with van der Waals surface area (Å²) in [5, 5.41) is 0. The Morgan fingerprint density at radius 2 is 1.83 bits per heavy atom. The summed E-state index contributed by atoms with van der Waals surface area (Å²) < 4.78 is 0. The lowest BCUT2D eigenvalue weighted by molar-refractivity contribution is 0.109. The van der Waals surface area contributed by atoms with Gasteiger partial charge >= 0.3 is 0 Å². The first kappa shape index (κ1) is 11.0. The van der Waals surface area contributed by atoms with Crippen molar-refractivity contribution in [1.29, 1.82) is 0 Å². The number of carbonyl (C=O) groups excluding carboxylic acids is 2. The molecule has 1 rings (SSSR count). The minimum absolute atomic E-state index is 0.498. The van der Waals surface area contributed by atoms with E-state index in [1.54, 1.807) is 6.07 Å². The van der Waals surface area contributed by atoms with E-state index < -0.39 is 0 Å². The molecule has 1 heterocycles. The summed E-state index contributed by atoms with van der Waals surface area (Å²) in [6, 6.07) is 1.71.